The van der Waals surface area contributed by atoms with Crippen LogP contribution in [0.5, 0.6) is 0 Å². The fourth-order valence-corrected chi connectivity index (χ4v) is 4.93. The number of carbonyl (C=O) groups is 1. The normalized spacial score (nSPS) is 20.6. The lowest BCUT2D eigenvalue weighted by atomic mass is 9.80. The van der Waals surface area contributed by atoms with Crippen molar-refractivity contribution in [2.75, 3.05) is 0 Å². The number of fused-ring (bicyclic) bond motifs is 3. The van der Waals surface area contributed by atoms with Gasteiger partial charge in [-0.05, 0) is 77.1 Å². The van der Waals surface area contributed by atoms with Crippen LogP contribution in [0.4, 0.5) is 9.18 Å². The monoisotopic (exact) mass is 483 g/mol. The van der Waals surface area contributed by atoms with Crippen LogP contribution in [0.1, 0.15) is 87.0 Å². The first-order chi connectivity index (χ1) is 16.7. The third-order valence-electron chi connectivity index (χ3n) is 6.45. The van der Waals surface area contributed by atoms with Crippen molar-refractivity contribution in [3.8, 4) is 5.69 Å². The van der Waals surface area contributed by atoms with E-state index in [-0.39, 0.29) is 24.8 Å². The third-order valence-corrected chi connectivity index (χ3v) is 6.45. The van der Waals surface area contributed by atoms with Crippen molar-refractivity contribution in [2.45, 2.75) is 83.9 Å². The summed E-state index contributed by atoms with van der Waals surface area (Å²) in [5.41, 5.74) is 1.80. The molecule has 1 aromatic carbocycles. The molecule has 0 spiro atoms. The van der Waals surface area contributed by atoms with Gasteiger partial charge in [0.25, 0.3) is 0 Å². The predicted molar refractivity (Wildman–Crippen MR) is 123 cm³/mol. The molecule has 0 radical (unpaired) electrons. The standard InChI is InChI=1S/C25H30FN5O4/c1-15-11-20(29-34-15)16-5-7-17(8-6-16)23-28-27-22-14-30(35-24(32)33-25(2,3)4)13-18-12-19(26)9-10-21(18)31(22)23/h9-12,16-17H,5-8,13-14H2,1-4H3. The van der Waals surface area contributed by atoms with Gasteiger partial charge in [0.1, 0.15) is 23.0 Å². The number of ether oxygens (including phenoxy) is 1. The highest BCUT2D eigenvalue weighted by Crippen LogP contribution is 2.41. The molecule has 3 heterocycles. The fourth-order valence-electron chi connectivity index (χ4n) is 4.93. The summed E-state index contributed by atoms with van der Waals surface area (Å²) in [5, 5.41) is 14.6. The van der Waals surface area contributed by atoms with Crippen LogP contribution in [-0.2, 0) is 22.7 Å². The van der Waals surface area contributed by atoms with Crippen molar-refractivity contribution in [3.05, 3.63) is 58.7 Å². The molecular formula is C25H30FN5O4. The summed E-state index contributed by atoms with van der Waals surface area (Å²) in [6.45, 7) is 7.61. The van der Waals surface area contributed by atoms with Crippen molar-refractivity contribution in [3.63, 3.8) is 0 Å². The molecule has 0 bridgehead atoms. The number of aryl methyl sites for hydroxylation is 1. The van der Waals surface area contributed by atoms with Gasteiger partial charge in [-0.2, -0.15) is 0 Å². The third kappa shape index (κ3) is 5.07. The zero-order valence-electron chi connectivity index (χ0n) is 20.5. The van der Waals surface area contributed by atoms with Gasteiger partial charge in [-0.25, -0.2) is 9.18 Å². The Kier molecular flexibility index (Phi) is 6.08. The molecular weight excluding hydrogens is 453 g/mol. The Morgan fingerprint density at radius 1 is 1.09 bits per heavy atom. The second-order valence-electron chi connectivity index (χ2n) is 10.3. The number of nitrogens with zero attached hydrogens (tertiary/aromatic N) is 5. The van der Waals surface area contributed by atoms with Crippen LogP contribution in [0.25, 0.3) is 5.69 Å². The molecule has 35 heavy (non-hydrogen) atoms. The molecule has 0 unspecified atom stereocenters. The van der Waals surface area contributed by atoms with Crippen molar-refractivity contribution < 1.29 is 23.3 Å². The van der Waals surface area contributed by atoms with Gasteiger partial charge in [0.15, 0.2) is 5.82 Å². The number of hydroxylamine groups is 2. The molecule has 1 saturated carbocycles. The van der Waals surface area contributed by atoms with E-state index in [9.17, 15) is 9.18 Å². The highest BCUT2D eigenvalue weighted by Gasteiger charge is 2.33. The van der Waals surface area contributed by atoms with E-state index in [1.54, 1.807) is 26.8 Å². The van der Waals surface area contributed by atoms with Crippen LogP contribution in [0.2, 0.25) is 0 Å². The van der Waals surface area contributed by atoms with Gasteiger partial charge < -0.3 is 14.1 Å². The van der Waals surface area contributed by atoms with E-state index >= 15 is 0 Å². The molecule has 10 heteroatoms. The van der Waals surface area contributed by atoms with Gasteiger partial charge >= 0.3 is 6.16 Å². The lowest BCUT2D eigenvalue weighted by Gasteiger charge is -2.27. The summed E-state index contributed by atoms with van der Waals surface area (Å²) in [6, 6.07) is 6.64. The van der Waals surface area contributed by atoms with Crippen LogP contribution in [0, 0.1) is 12.7 Å². The smallest absolute Gasteiger partial charge is 0.427 e. The van der Waals surface area contributed by atoms with Crippen LogP contribution in [0.3, 0.4) is 0 Å². The molecule has 1 aliphatic heterocycles. The average Bonchev–Trinajstić information content (AvgIpc) is 3.36. The van der Waals surface area contributed by atoms with E-state index in [1.807, 2.05) is 17.6 Å². The Morgan fingerprint density at radius 3 is 2.51 bits per heavy atom. The molecule has 1 fully saturated rings. The van der Waals surface area contributed by atoms with Gasteiger partial charge in [0, 0.05) is 17.9 Å². The minimum absolute atomic E-state index is 0.202. The van der Waals surface area contributed by atoms with Crippen LogP contribution in [0.15, 0.2) is 28.8 Å². The lowest BCUT2D eigenvalue weighted by Crippen LogP contribution is -2.31. The minimum atomic E-state index is -0.815. The second kappa shape index (κ2) is 9.07. The van der Waals surface area contributed by atoms with E-state index < -0.39 is 11.8 Å². The number of halogens is 1. The van der Waals surface area contributed by atoms with E-state index in [2.05, 4.69) is 15.4 Å². The summed E-state index contributed by atoms with van der Waals surface area (Å²) in [4.78, 5) is 17.8. The Morgan fingerprint density at radius 2 is 1.83 bits per heavy atom. The largest absolute Gasteiger partial charge is 0.528 e. The van der Waals surface area contributed by atoms with Crippen LogP contribution >= 0.6 is 0 Å². The molecule has 0 amide bonds. The lowest BCUT2D eigenvalue weighted by molar-refractivity contribution is -0.155. The number of aromatic nitrogens is 4. The fraction of sp³-hybridized carbons (Fsp3) is 0.520. The summed E-state index contributed by atoms with van der Waals surface area (Å²) < 4.78 is 26.8. The molecule has 3 aromatic rings. The van der Waals surface area contributed by atoms with Crippen LogP contribution < -0.4 is 0 Å². The second-order valence-corrected chi connectivity index (χ2v) is 10.3. The predicted octanol–water partition coefficient (Wildman–Crippen LogP) is 5.33. The van der Waals surface area contributed by atoms with Crippen molar-refractivity contribution in [1.82, 2.24) is 25.0 Å². The Labute approximate surface area is 203 Å². The van der Waals surface area contributed by atoms with E-state index in [1.165, 1.54) is 17.2 Å². The van der Waals surface area contributed by atoms with Gasteiger partial charge in [0.2, 0.25) is 0 Å². The van der Waals surface area contributed by atoms with Gasteiger partial charge in [-0.1, -0.05) is 5.16 Å². The summed E-state index contributed by atoms with van der Waals surface area (Å²) in [6.07, 6.45) is 3.00. The number of hydrogen-bond acceptors (Lipinski definition) is 8. The maximum absolute atomic E-state index is 14.2. The van der Waals surface area contributed by atoms with Gasteiger partial charge in [0.05, 0.1) is 24.5 Å². The Hall–Kier alpha value is -3.27. The van der Waals surface area contributed by atoms with Crippen LogP contribution in [-0.4, -0.2) is 36.7 Å². The van der Waals surface area contributed by atoms with Gasteiger partial charge in [-0.15, -0.1) is 15.3 Å². The number of rotatable bonds is 3. The number of benzene rings is 1. The average molecular weight is 484 g/mol. The molecule has 0 N–H and O–H groups in total. The number of hydrogen-bond donors (Lipinski definition) is 0. The number of carbonyl (C=O) groups excluding carboxylic acids is 1. The van der Waals surface area contributed by atoms with E-state index in [4.69, 9.17) is 14.1 Å². The molecule has 2 aromatic heterocycles. The first kappa shape index (κ1) is 23.5. The first-order valence-electron chi connectivity index (χ1n) is 12.0. The molecule has 9 nitrogen and oxygen atoms in total. The van der Waals surface area contributed by atoms with E-state index in [0.717, 1.165) is 48.6 Å². The minimum Gasteiger partial charge on any atom is -0.427 e. The molecule has 0 atom stereocenters. The maximum Gasteiger partial charge on any atom is 0.528 e. The van der Waals surface area contributed by atoms with Gasteiger partial charge in [-0.3, -0.25) is 4.57 Å². The topological polar surface area (TPSA) is 95.5 Å². The Balaban J connectivity index is 1.40. The zero-order valence-corrected chi connectivity index (χ0v) is 20.5. The highest BCUT2D eigenvalue weighted by molar-refractivity contribution is 5.60. The molecule has 186 valence electrons. The molecule has 2 aliphatic rings. The summed E-state index contributed by atoms with van der Waals surface area (Å²) >= 11 is 0. The van der Waals surface area contributed by atoms with Crippen molar-refractivity contribution >= 4 is 6.16 Å². The highest BCUT2D eigenvalue weighted by atomic mass is 19.1. The maximum atomic E-state index is 14.2. The first-order valence-corrected chi connectivity index (χ1v) is 12.0. The molecule has 1 aliphatic carbocycles. The Bertz CT molecular complexity index is 1220. The molecule has 0 saturated heterocycles. The summed E-state index contributed by atoms with van der Waals surface area (Å²) in [7, 11) is 0. The van der Waals surface area contributed by atoms with E-state index in [0.29, 0.717) is 17.3 Å². The quantitative estimate of drug-likeness (QED) is 0.462. The zero-order chi connectivity index (χ0) is 24.7. The van der Waals surface area contributed by atoms with Crippen molar-refractivity contribution in [1.29, 1.82) is 0 Å². The SMILES string of the molecule is Cc1cc(C2CCC(c3nnc4n3-c3ccc(F)cc3CN(OC(=O)OC(C)(C)C)C4)CC2)no1. The van der Waals surface area contributed by atoms with Crippen molar-refractivity contribution in [2.24, 2.45) is 0 Å². The summed E-state index contributed by atoms with van der Waals surface area (Å²) in [5.74, 6) is 2.52. The molecule has 5 rings (SSSR count).